The Labute approximate surface area is 73.7 Å². The van der Waals surface area contributed by atoms with Gasteiger partial charge in [-0.1, -0.05) is 18.2 Å². The summed E-state index contributed by atoms with van der Waals surface area (Å²) >= 11 is 0. The third-order valence-corrected chi connectivity index (χ3v) is 1.51. The number of hydrogen-bond acceptors (Lipinski definition) is 1. The molecule has 0 atom stereocenters. The largest absolute Gasteiger partial charge is 0.494 e. The molecule has 0 N–H and O–H groups in total. The van der Waals surface area contributed by atoms with Crippen molar-refractivity contribution in [1.29, 1.82) is 0 Å². The summed E-state index contributed by atoms with van der Waals surface area (Å²) in [6, 6.07) is 10.5. The minimum atomic E-state index is 0.760. The van der Waals surface area contributed by atoms with Crippen LogP contribution >= 0.6 is 0 Å². The Morgan fingerprint density at radius 1 is 1.42 bits per heavy atom. The topological polar surface area (TPSA) is 9.23 Å². The molecule has 0 saturated carbocycles. The van der Waals surface area contributed by atoms with Crippen LogP contribution in [0.25, 0.3) is 0 Å². The maximum Gasteiger partial charge on any atom is 0.119 e. The van der Waals surface area contributed by atoms with Gasteiger partial charge in [-0.2, -0.15) is 0 Å². The Bertz CT molecular complexity index is 216. The van der Waals surface area contributed by atoms with Crippen molar-refractivity contribution in [3.63, 3.8) is 0 Å². The lowest BCUT2D eigenvalue weighted by Gasteiger charge is -2.03. The monoisotopic (exact) mass is 161 g/mol. The molecule has 1 aromatic rings. The van der Waals surface area contributed by atoms with Crippen LogP contribution in [0.5, 0.6) is 5.75 Å². The Hall–Kier alpha value is -1.24. The average molecular weight is 161 g/mol. The summed E-state index contributed by atoms with van der Waals surface area (Å²) in [6.45, 7) is 4.40. The Kier molecular flexibility index (Phi) is 4.00. The summed E-state index contributed by atoms with van der Waals surface area (Å²) in [6.07, 6.45) is 3.95. The predicted octanol–water partition coefficient (Wildman–Crippen LogP) is 2.83. The SMILES string of the molecule is C=CCCCOc1cc[c]cc1. The number of allylic oxidation sites excluding steroid dienone is 1. The van der Waals surface area contributed by atoms with Crippen LogP contribution in [0.3, 0.4) is 0 Å². The van der Waals surface area contributed by atoms with Crippen LogP contribution < -0.4 is 4.74 Å². The van der Waals surface area contributed by atoms with E-state index in [9.17, 15) is 0 Å². The second-order valence-corrected chi connectivity index (χ2v) is 2.52. The number of unbranched alkanes of at least 4 members (excludes halogenated alkanes) is 1. The average Bonchev–Trinajstić information content (AvgIpc) is 2.14. The fourth-order valence-electron chi connectivity index (χ4n) is 0.886. The lowest BCUT2D eigenvalue weighted by atomic mass is 10.3. The first-order valence-electron chi connectivity index (χ1n) is 4.13. The first-order valence-corrected chi connectivity index (χ1v) is 4.13. The summed E-state index contributed by atoms with van der Waals surface area (Å²) in [4.78, 5) is 0. The number of rotatable bonds is 5. The molecule has 0 unspecified atom stereocenters. The van der Waals surface area contributed by atoms with Gasteiger partial charge in [0.25, 0.3) is 0 Å². The van der Waals surface area contributed by atoms with Gasteiger partial charge in [-0.05, 0) is 31.0 Å². The molecule has 0 fully saturated rings. The van der Waals surface area contributed by atoms with E-state index in [1.165, 1.54) is 0 Å². The predicted molar refractivity (Wildman–Crippen MR) is 50.2 cm³/mol. The highest BCUT2D eigenvalue weighted by Crippen LogP contribution is 2.08. The van der Waals surface area contributed by atoms with E-state index in [0.29, 0.717) is 0 Å². The van der Waals surface area contributed by atoms with E-state index in [4.69, 9.17) is 4.74 Å². The normalized spacial score (nSPS) is 9.33. The van der Waals surface area contributed by atoms with Crippen molar-refractivity contribution in [3.05, 3.63) is 43.0 Å². The highest BCUT2D eigenvalue weighted by molar-refractivity contribution is 5.20. The van der Waals surface area contributed by atoms with Crippen LogP contribution in [0.1, 0.15) is 12.8 Å². The maximum atomic E-state index is 5.44. The molecule has 0 bridgehead atoms. The van der Waals surface area contributed by atoms with Crippen LogP contribution in [0.4, 0.5) is 0 Å². The van der Waals surface area contributed by atoms with Crippen molar-refractivity contribution in [3.8, 4) is 5.75 Å². The molecule has 0 saturated heterocycles. The number of ether oxygens (including phenoxy) is 1. The molecule has 1 nitrogen and oxygen atoms in total. The first kappa shape index (κ1) is 8.85. The van der Waals surface area contributed by atoms with E-state index < -0.39 is 0 Å². The molecule has 0 aliphatic carbocycles. The molecule has 0 heterocycles. The van der Waals surface area contributed by atoms with E-state index in [1.807, 2.05) is 30.3 Å². The van der Waals surface area contributed by atoms with Gasteiger partial charge in [-0.3, -0.25) is 0 Å². The highest BCUT2D eigenvalue weighted by atomic mass is 16.5. The minimum Gasteiger partial charge on any atom is -0.494 e. The summed E-state index contributed by atoms with van der Waals surface area (Å²) in [5.41, 5.74) is 0. The van der Waals surface area contributed by atoms with Gasteiger partial charge < -0.3 is 4.74 Å². The van der Waals surface area contributed by atoms with Crippen molar-refractivity contribution >= 4 is 0 Å². The van der Waals surface area contributed by atoms with Crippen molar-refractivity contribution < 1.29 is 4.74 Å². The second-order valence-electron chi connectivity index (χ2n) is 2.52. The van der Waals surface area contributed by atoms with Crippen LogP contribution in [0.2, 0.25) is 0 Å². The Morgan fingerprint density at radius 2 is 2.17 bits per heavy atom. The molecule has 1 aromatic carbocycles. The zero-order valence-corrected chi connectivity index (χ0v) is 7.12. The fourth-order valence-corrected chi connectivity index (χ4v) is 0.886. The Balaban J connectivity index is 2.20. The van der Waals surface area contributed by atoms with Gasteiger partial charge >= 0.3 is 0 Å². The van der Waals surface area contributed by atoms with Crippen molar-refractivity contribution in [2.45, 2.75) is 12.8 Å². The molecule has 63 valence electrons. The van der Waals surface area contributed by atoms with Crippen LogP contribution in [0, 0.1) is 6.07 Å². The molecule has 1 heteroatoms. The lowest BCUT2D eigenvalue weighted by Crippen LogP contribution is -1.95. The quantitative estimate of drug-likeness (QED) is 0.476. The molecule has 1 radical (unpaired) electrons. The van der Waals surface area contributed by atoms with Gasteiger partial charge in [-0.25, -0.2) is 0 Å². The molecule has 0 amide bonds. The van der Waals surface area contributed by atoms with Gasteiger partial charge in [-0.15, -0.1) is 6.58 Å². The van der Waals surface area contributed by atoms with Crippen LogP contribution in [-0.2, 0) is 0 Å². The summed E-state index contributed by atoms with van der Waals surface area (Å²) in [7, 11) is 0. The van der Waals surface area contributed by atoms with E-state index >= 15 is 0 Å². The number of hydrogen-bond donors (Lipinski definition) is 0. The standard InChI is InChI=1S/C11H13O/c1-2-3-7-10-12-11-8-5-4-6-9-11/h2,5-6,8-9H,1,3,7,10H2. The van der Waals surface area contributed by atoms with Crippen LogP contribution in [-0.4, -0.2) is 6.61 Å². The van der Waals surface area contributed by atoms with Gasteiger partial charge in [0.1, 0.15) is 5.75 Å². The minimum absolute atomic E-state index is 0.760. The van der Waals surface area contributed by atoms with Crippen molar-refractivity contribution in [1.82, 2.24) is 0 Å². The highest BCUT2D eigenvalue weighted by Gasteiger charge is 1.89. The third kappa shape index (κ3) is 3.24. The molecule has 0 aromatic heterocycles. The van der Waals surface area contributed by atoms with Gasteiger partial charge in [0.15, 0.2) is 0 Å². The lowest BCUT2D eigenvalue weighted by molar-refractivity contribution is 0.312. The molecule has 0 aliphatic heterocycles. The molecular weight excluding hydrogens is 148 g/mol. The summed E-state index contributed by atoms with van der Waals surface area (Å²) in [5.74, 6) is 0.915. The van der Waals surface area contributed by atoms with Gasteiger partial charge in [0, 0.05) is 0 Å². The molecular formula is C11H13O. The Morgan fingerprint density at radius 3 is 2.83 bits per heavy atom. The molecule has 0 spiro atoms. The zero-order chi connectivity index (χ0) is 8.65. The first-order chi connectivity index (χ1) is 5.93. The zero-order valence-electron chi connectivity index (χ0n) is 7.12. The fraction of sp³-hybridized carbons (Fsp3) is 0.273. The van der Waals surface area contributed by atoms with E-state index in [1.54, 1.807) is 0 Å². The number of benzene rings is 1. The smallest absolute Gasteiger partial charge is 0.119 e. The van der Waals surface area contributed by atoms with Crippen molar-refractivity contribution in [2.24, 2.45) is 0 Å². The summed E-state index contributed by atoms with van der Waals surface area (Å²) in [5, 5.41) is 0. The van der Waals surface area contributed by atoms with E-state index in [-0.39, 0.29) is 0 Å². The van der Waals surface area contributed by atoms with Gasteiger partial charge in [0.05, 0.1) is 6.61 Å². The maximum absolute atomic E-state index is 5.44. The van der Waals surface area contributed by atoms with Crippen LogP contribution in [0.15, 0.2) is 36.9 Å². The molecule has 1 rings (SSSR count). The molecule has 0 aliphatic rings. The van der Waals surface area contributed by atoms with E-state index in [2.05, 4.69) is 12.6 Å². The second kappa shape index (κ2) is 5.42. The van der Waals surface area contributed by atoms with Crippen molar-refractivity contribution in [2.75, 3.05) is 6.61 Å². The van der Waals surface area contributed by atoms with Gasteiger partial charge in [0.2, 0.25) is 0 Å². The summed E-state index contributed by atoms with van der Waals surface area (Å²) < 4.78 is 5.44. The van der Waals surface area contributed by atoms with E-state index in [0.717, 1.165) is 25.2 Å². The third-order valence-electron chi connectivity index (χ3n) is 1.51. The molecule has 12 heavy (non-hydrogen) atoms.